The lowest BCUT2D eigenvalue weighted by Crippen LogP contribution is -2.18. The summed E-state index contributed by atoms with van der Waals surface area (Å²) in [7, 11) is 1.56. The van der Waals surface area contributed by atoms with Gasteiger partial charge in [0.05, 0.1) is 7.11 Å². The van der Waals surface area contributed by atoms with Crippen LogP contribution < -0.4 is 4.74 Å². The molecule has 0 saturated carbocycles. The van der Waals surface area contributed by atoms with E-state index < -0.39 is 0 Å². The Kier molecular flexibility index (Phi) is 3.43. The predicted molar refractivity (Wildman–Crippen MR) is 61.5 cm³/mol. The Labute approximate surface area is 93.0 Å². The molecular formula is C11H15BrO2. The maximum atomic E-state index is 9.91. The average Bonchev–Trinajstić information content (AvgIpc) is 2.18. The Bertz CT molecular complexity index is 321. The standard InChI is InChI=1S/C11H15BrO2/c1-11(2,7-12)8-5-4-6-9(14-3)10(8)13/h4-6,13H,7H2,1-3H3. The van der Waals surface area contributed by atoms with E-state index in [1.54, 1.807) is 13.2 Å². The minimum atomic E-state index is -0.0986. The van der Waals surface area contributed by atoms with Crippen LogP contribution in [0.2, 0.25) is 0 Å². The highest BCUT2D eigenvalue weighted by molar-refractivity contribution is 9.09. The van der Waals surface area contributed by atoms with Gasteiger partial charge in [0.15, 0.2) is 11.5 Å². The molecule has 1 rings (SSSR count). The van der Waals surface area contributed by atoms with Crippen LogP contribution in [0.1, 0.15) is 19.4 Å². The number of para-hydroxylation sites is 1. The number of ether oxygens (including phenoxy) is 1. The summed E-state index contributed by atoms with van der Waals surface area (Å²) in [6.07, 6.45) is 0. The first-order chi connectivity index (χ1) is 6.53. The Hall–Kier alpha value is -0.700. The molecule has 0 aliphatic heterocycles. The lowest BCUT2D eigenvalue weighted by Gasteiger charge is -2.24. The molecule has 0 saturated heterocycles. The second-order valence-corrected chi connectivity index (χ2v) is 4.43. The van der Waals surface area contributed by atoms with Crippen LogP contribution in [0.5, 0.6) is 11.5 Å². The van der Waals surface area contributed by atoms with E-state index in [4.69, 9.17) is 4.74 Å². The van der Waals surface area contributed by atoms with Crippen molar-refractivity contribution >= 4 is 15.9 Å². The molecule has 2 nitrogen and oxygen atoms in total. The first-order valence-electron chi connectivity index (χ1n) is 4.45. The molecule has 0 unspecified atom stereocenters. The van der Waals surface area contributed by atoms with Crippen molar-refractivity contribution in [1.29, 1.82) is 0 Å². The van der Waals surface area contributed by atoms with Crippen molar-refractivity contribution in [2.45, 2.75) is 19.3 Å². The molecule has 0 spiro atoms. The lowest BCUT2D eigenvalue weighted by atomic mass is 9.86. The van der Waals surface area contributed by atoms with Crippen LogP contribution in [0.4, 0.5) is 0 Å². The van der Waals surface area contributed by atoms with Gasteiger partial charge in [0.25, 0.3) is 0 Å². The van der Waals surface area contributed by atoms with E-state index in [9.17, 15) is 5.11 Å². The van der Waals surface area contributed by atoms with E-state index in [2.05, 4.69) is 29.8 Å². The number of halogens is 1. The topological polar surface area (TPSA) is 29.5 Å². The normalized spacial score (nSPS) is 11.4. The van der Waals surface area contributed by atoms with Gasteiger partial charge in [-0.15, -0.1) is 0 Å². The van der Waals surface area contributed by atoms with Gasteiger partial charge in [-0.1, -0.05) is 41.9 Å². The Balaban J connectivity index is 3.22. The third-order valence-electron chi connectivity index (χ3n) is 2.28. The molecule has 0 fully saturated rings. The third kappa shape index (κ3) is 2.03. The van der Waals surface area contributed by atoms with Crippen molar-refractivity contribution in [1.82, 2.24) is 0 Å². The summed E-state index contributed by atoms with van der Waals surface area (Å²) < 4.78 is 5.06. The van der Waals surface area contributed by atoms with Gasteiger partial charge in [-0.2, -0.15) is 0 Å². The highest BCUT2D eigenvalue weighted by Crippen LogP contribution is 2.38. The molecule has 78 valence electrons. The van der Waals surface area contributed by atoms with Gasteiger partial charge in [-0.3, -0.25) is 0 Å². The lowest BCUT2D eigenvalue weighted by molar-refractivity contribution is 0.365. The molecule has 0 aromatic heterocycles. The minimum absolute atomic E-state index is 0.0986. The van der Waals surface area contributed by atoms with Crippen molar-refractivity contribution in [3.63, 3.8) is 0 Å². The number of hydrogen-bond donors (Lipinski definition) is 1. The van der Waals surface area contributed by atoms with E-state index in [0.717, 1.165) is 10.9 Å². The van der Waals surface area contributed by atoms with E-state index in [1.807, 2.05) is 12.1 Å². The fraction of sp³-hybridized carbons (Fsp3) is 0.455. The van der Waals surface area contributed by atoms with Crippen molar-refractivity contribution in [2.75, 3.05) is 12.4 Å². The summed E-state index contributed by atoms with van der Waals surface area (Å²) in [5.74, 6) is 0.760. The number of rotatable bonds is 3. The molecule has 1 N–H and O–H groups in total. The van der Waals surface area contributed by atoms with Gasteiger partial charge < -0.3 is 9.84 Å². The SMILES string of the molecule is COc1cccc(C(C)(C)CBr)c1O. The molecule has 3 heteroatoms. The summed E-state index contributed by atoms with van der Waals surface area (Å²) in [6, 6.07) is 5.56. The van der Waals surface area contributed by atoms with Crippen LogP contribution in [0, 0.1) is 0 Å². The molecule has 0 heterocycles. The molecule has 1 aromatic rings. The smallest absolute Gasteiger partial charge is 0.161 e. The maximum Gasteiger partial charge on any atom is 0.161 e. The van der Waals surface area contributed by atoms with E-state index >= 15 is 0 Å². The van der Waals surface area contributed by atoms with E-state index in [0.29, 0.717) is 5.75 Å². The van der Waals surface area contributed by atoms with Crippen LogP contribution in [0.3, 0.4) is 0 Å². The van der Waals surface area contributed by atoms with Crippen LogP contribution in [0.15, 0.2) is 18.2 Å². The van der Waals surface area contributed by atoms with Crippen LogP contribution >= 0.6 is 15.9 Å². The number of benzene rings is 1. The molecule has 0 bridgehead atoms. The van der Waals surface area contributed by atoms with E-state index in [-0.39, 0.29) is 11.2 Å². The van der Waals surface area contributed by atoms with Crippen molar-refractivity contribution < 1.29 is 9.84 Å². The van der Waals surface area contributed by atoms with Crippen molar-refractivity contribution in [3.05, 3.63) is 23.8 Å². The molecular weight excluding hydrogens is 244 g/mol. The van der Waals surface area contributed by atoms with Gasteiger partial charge in [-0.25, -0.2) is 0 Å². The summed E-state index contributed by atoms with van der Waals surface area (Å²) >= 11 is 3.44. The minimum Gasteiger partial charge on any atom is -0.504 e. The number of phenolic OH excluding ortho intramolecular Hbond substituents is 1. The fourth-order valence-corrected chi connectivity index (χ4v) is 1.61. The number of hydrogen-bond acceptors (Lipinski definition) is 2. The Morgan fingerprint density at radius 1 is 1.43 bits per heavy atom. The van der Waals surface area contributed by atoms with Crippen LogP contribution in [0.25, 0.3) is 0 Å². The molecule has 0 aliphatic rings. The molecule has 14 heavy (non-hydrogen) atoms. The molecule has 0 radical (unpaired) electrons. The number of phenols is 1. The summed E-state index contributed by atoms with van der Waals surface area (Å²) in [5, 5.41) is 10.7. The monoisotopic (exact) mass is 258 g/mol. The average molecular weight is 259 g/mol. The second kappa shape index (κ2) is 4.22. The van der Waals surface area contributed by atoms with Crippen molar-refractivity contribution in [3.8, 4) is 11.5 Å². The number of aromatic hydroxyl groups is 1. The summed E-state index contributed by atoms with van der Waals surface area (Å²) in [6.45, 7) is 4.13. The Morgan fingerprint density at radius 2 is 2.07 bits per heavy atom. The van der Waals surface area contributed by atoms with Gasteiger partial charge in [0.1, 0.15) is 0 Å². The maximum absolute atomic E-state index is 9.91. The first kappa shape index (κ1) is 11.4. The quantitative estimate of drug-likeness (QED) is 0.845. The van der Waals surface area contributed by atoms with Crippen LogP contribution in [-0.2, 0) is 5.41 Å². The second-order valence-electron chi connectivity index (χ2n) is 3.87. The van der Waals surface area contributed by atoms with Gasteiger partial charge in [0.2, 0.25) is 0 Å². The number of alkyl halides is 1. The highest BCUT2D eigenvalue weighted by Gasteiger charge is 2.24. The molecule has 1 aromatic carbocycles. The Morgan fingerprint density at radius 3 is 2.57 bits per heavy atom. The zero-order valence-electron chi connectivity index (χ0n) is 8.67. The third-order valence-corrected chi connectivity index (χ3v) is 3.68. The first-order valence-corrected chi connectivity index (χ1v) is 5.57. The fourth-order valence-electron chi connectivity index (χ4n) is 1.31. The van der Waals surface area contributed by atoms with Crippen LogP contribution in [-0.4, -0.2) is 17.5 Å². The van der Waals surface area contributed by atoms with E-state index in [1.165, 1.54) is 0 Å². The zero-order chi connectivity index (χ0) is 10.8. The summed E-state index contributed by atoms with van der Waals surface area (Å²) in [5.41, 5.74) is 0.798. The van der Waals surface area contributed by atoms with Gasteiger partial charge >= 0.3 is 0 Å². The van der Waals surface area contributed by atoms with Gasteiger partial charge in [-0.05, 0) is 6.07 Å². The molecule has 0 atom stereocenters. The summed E-state index contributed by atoms with van der Waals surface area (Å²) in [4.78, 5) is 0. The molecule has 0 amide bonds. The highest BCUT2D eigenvalue weighted by atomic mass is 79.9. The van der Waals surface area contributed by atoms with Gasteiger partial charge in [0, 0.05) is 16.3 Å². The predicted octanol–water partition coefficient (Wildman–Crippen LogP) is 3.07. The number of methoxy groups -OCH3 is 1. The molecule has 0 aliphatic carbocycles. The largest absolute Gasteiger partial charge is 0.504 e. The van der Waals surface area contributed by atoms with Crippen molar-refractivity contribution in [2.24, 2.45) is 0 Å². The zero-order valence-corrected chi connectivity index (χ0v) is 10.3.